The molecule has 33 heavy (non-hydrogen) atoms. The van der Waals surface area contributed by atoms with Crippen LogP contribution in [0.25, 0.3) is 33.3 Å². The second-order valence-corrected chi connectivity index (χ2v) is 8.94. The SMILES string of the molecule is Fc1ccc(-c2ccc(-c3cc(NCCCC4CCCNC4)c4ccccc4n3)cc2)cc1. The highest BCUT2D eigenvalue weighted by molar-refractivity contribution is 5.93. The van der Waals surface area contributed by atoms with E-state index in [0.717, 1.165) is 58.0 Å². The molecule has 4 aromatic rings. The number of benzene rings is 3. The minimum Gasteiger partial charge on any atom is -0.384 e. The first-order valence-electron chi connectivity index (χ1n) is 12.0. The third kappa shape index (κ3) is 5.23. The molecular formula is C29H30FN3. The molecule has 1 aliphatic rings. The van der Waals surface area contributed by atoms with Gasteiger partial charge in [0, 0.05) is 23.2 Å². The number of nitrogens with zero attached hydrogens (tertiary/aromatic N) is 1. The molecule has 2 heterocycles. The van der Waals surface area contributed by atoms with E-state index in [1.54, 1.807) is 0 Å². The van der Waals surface area contributed by atoms with Gasteiger partial charge in [-0.25, -0.2) is 9.37 Å². The van der Waals surface area contributed by atoms with Crippen LogP contribution in [0, 0.1) is 11.7 Å². The Labute approximate surface area is 195 Å². The maximum absolute atomic E-state index is 13.2. The quantitative estimate of drug-likeness (QED) is 0.308. The van der Waals surface area contributed by atoms with Gasteiger partial charge in [-0.1, -0.05) is 54.6 Å². The molecule has 1 atom stereocenters. The Morgan fingerprint density at radius 2 is 1.64 bits per heavy atom. The van der Waals surface area contributed by atoms with Crippen LogP contribution >= 0.6 is 0 Å². The molecule has 1 saturated heterocycles. The Balaban J connectivity index is 1.34. The number of fused-ring (bicyclic) bond motifs is 1. The number of rotatable bonds is 7. The molecule has 0 amide bonds. The van der Waals surface area contributed by atoms with E-state index in [1.807, 2.05) is 18.2 Å². The Hall–Kier alpha value is -3.24. The van der Waals surface area contributed by atoms with Gasteiger partial charge in [-0.3, -0.25) is 0 Å². The van der Waals surface area contributed by atoms with Crippen LogP contribution in [0.5, 0.6) is 0 Å². The number of anilines is 1. The van der Waals surface area contributed by atoms with Crippen molar-refractivity contribution in [1.29, 1.82) is 0 Å². The molecular weight excluding hydrogens is 409 g/mol. The molecule has 0 saturated carbocycles. The van der Waals surface area contributed by atoms with Crippen molar-refractivity contribution in [2.75, 3.05) is 25.0 Å². The Morgan fingerprint density at radius 1 is 0.909 bits per heavy atom. The fraction of sp³-hybridized carbons (Fsp3) is 0.276. The number of nitrogens with one attached hydrogen (secondary N) is 2. The van der Waals surface area contributed by atoms with Crippen molar-refractivity contribution in [2.45, 2.75) is 25.7 Å². The van der Waals surface area contributed by atoms with Crippen molar-refractivity contribution in [3.63, 3.8) is 0 Å². The van der Waals surface area contributed by atoms with E-state index in [2.05, 4.69) is 59.2 Å². The van der Waals surface area contributed by atoms with E-state index >= 15 is 0 Å². The molecule has 3 aromatic carbocycles. The lowest BCUT2D eigenvalue weighted by Crippen LogP contribution is -2.29. The largest absolute Gasteiger partial charge is 0.384 e. The average molecular weight is 440 g/mol. The molecule has 4 heteroatoms. The van der Waals surface area contributed by atoms with Crippen molar-refractivity contribution in [2.24, 2.45) is 5.92 Å². The number of hydrogen-bond donors (Lipinski definition) is 2. The van der Waals surface area contributed by atoms with Crippen LogP contribution in [0.3, 0.4) is 0 Å². The number of aromatic nitrogens is 1. The smallest absolute Gasteiger partial charge is 0.123 e. The summed E-state index contributed by atoms with van der Waals surface area (Å²) in [7, 11) is 0. The van der Waals surface area contributed by atoms with E-state index in [0.29, 0.717) is 0 Å². The van der Waals surface area contributed by atoms with Crippen LogP contribution in [-0.4, -0.2) is 24.6 Å². The van der Waals surface area contributed by atoms with E-state index in [1.165, 1.54) is 44.4 Å². The number of pyridine rings is 1. The predicted octanol–water partition coefficient (Wildman–Crippen LogP) is 6.90. The van der Waals surface area contributed by atoms with E-state index in [4.69, 9.17) is 4.98 Å². The lowest BCUT2D eigenvalue weighted by Gasteiger charge is -2.22. The number of halogens is 1. The number of hydrogen-bond acceptors (Lipinski definition) is 3. The summed E-state index contributed by atoms with van der Waals surface area (Å²) in [5.41, 5.74) is 6.23. The fourth-order valence-electron chi connectivity index (χ4n) is 4.73. The van der Waals surface area contributed by atoms with Crippen molar-refractivity contribution < 1.29 is 4.39 Å². The highest BCUT2D eigenvalue weighted by Crippen LogP contribution is 2.30. The maximum Gasteiger partial charge on any atom is 0.123 e. The summed E-state index contributed by atoms with van der Waals surface area (Å²) < 4.78 is 13.2. The Kier molecular flexibility index (Phi) is 6.63. The lowest BCUT2D eigenvalue weighted by molar-refractivity contribution is 0.353. The molecule has 0 bridgehead atoms. The van der Waals surface area contributed by atoms with Gasteiger partial charge in [0.25, 0.3) is 0 Å². The molecule has 5 rings (SSSR count). The third-order valence-electron chi connectivity index (χ3n) is 6.58. The monoisotopic (exact) mass is 439 g/mol. The molecule has 3 nitrogen and oxygen atoms in total. The molecule has 1 aromatic heterocycles. The van der Waals surface area contributed by atoms with Gasteiger partial charge in [0.2, 0.25) is 0 Å². The van der Waals surface area contributed by atoms with Gasteiger partial charge in [0.05, 0.1) is 11.2 Å². The highest BCUT2D eigenvalue weighted by atomic mass is 19.1. The van der Waals surface area contributed by atoms with Gasteiger partial charge in [-0.15, -0.1) is 0 Å². The second kappa shape index (κ2) is 10.1. The standard InChI is InChI=1S/C29H30FN3/c30-25-15-13-23(14-16-25)22-9-11-24(12-10-22)28-19-29(26-7-1-2-8-27(26)33-28)32-18-4-6-21-5-3-17-31-20-21/h1-2,7-16,19,21,31H,3-6,17-18,20H2,(H,32,33). The van der Waals surface area contributed by atoms with Gasteiger partial charge in [0.1, 0.15) is 5.82 Å². The highest BCUT2D eigenvalue weighted by Gasteiger charge is 2.13. The average Bonchev–Trinajstić information content (AvgIpc) is 2.87. The van der Waals surface area contributed by atoms with Gasteiger partial charge in [-0.05, 0) is 80.1 Å². The Bertz CT molecular complexity index is 1200. The third-order valence-corrected chi connectivity index (χ3v) is 6.58. The summed E-state index contributed by atoms with van der Waals surface area (Å²) >= 11 is 0. The fourth-order valence-corrected chi connectivity index (χ4v) is 4.73. The molecule has 2 N–H and O–H groups in total. The molecule has 1 aliphatic heterocycles. The molecule has 1 unspecified atom stereocenters. The summed E-state index contributed by atoms with van der Waals surface area (Å²) in [4.78, 5) is 4.92. The first kappa shape index (κ1) is 21.6. The minimum atomic E-state index is -0.217. The Morgan fingerprint density at radius 3 is 2.39 bits per heavy atom. The van der Waals surface area contributed by atoms with Gasteiger partial charge < -0.3 is 10.6 Å². The normalized spacial score (nSPS) is 16.1. The number of piperidine rings is 1. The van der Waals surface area contributed by atoms with Crippen molar-refractivity contribution in [3.8, 4) is 22.4 Å². The molecule has 1 fully saturated rings. The topological polar surface area (TPSA) is 37.0 Å². The van der Waals surface area contributed by atoms with Crippen molar-refractivity contribution in [1.82, 2.24) is 10.3 Å². The summed E-state index contributed by atoms with van der Waals surface area (Å²) in [5.74, 6) is 0.594. The van der Waals surface area contributed by atoms with Crippen LogP contribution in [-0.2, 0) is 0 Å². The predicted molar refractivity (Wildman–Crippen MR) is 136 cm³/mol. The molecule has 0 spiro atoms. The van der Waals surface area contributed by atoms with E-state index in [-0.39, 0.29) is 5.82 Å². The summed E-state index contributed by atoms with van der Waals surface area (Å²) in [6.07, 6.45) is 5.09. The lowest BCUT2D eigenvalue weighted by atomic mass is 9.95. The first-order chi connectivity index (χ1) is 16.3. The van der Waals surface area contributed by atoms with E-state index in [9.17, 15) is 4.39 Å². The van der Waals surface area contributed by atoms with Gasteiger partial charge in [0.15, 0.2) is 0 Å². The summed E-state index contributed by atoms with van der Waals surface area (Å²) in [5, 5.41) is 8.35. The number of para-hydroxylation sites is 1. The van der Waals surface area contributed by atoms with Crippen LogP contribution in [0.1, 0.15) is 25.7 Å². The summed E-state index contributed by atoms with van der Waals surface area (Å²) in [6, 6.07) is 25.4. The van der Waals surface area contributed by atoms with Crippen molar-refractivity contribution in [3.05, 3.63) is 84.7 Å². The van der Waals surface area contributed by atoms with Crippen LogP contribution in [0.4, 0.5) is 10.1 Å². The zero-order valence-electron chi connectivity index (χ0n) is 18.9. The maximum atomic E-state index is 13.2. The minimum absolute atomic E-state index is 0.217. The van der Waals surface area contributed by atoms with Crippen LogP contribution in [0.2, 0.25) is 0 Å². The zero-order valence-corrected chi connectivity index (χ0v) is 18.9. The first-order valence-corrected chi connectivity index (χ1v) is 12.0. The van der Waals surface area contributed by atoms with Crippen molar-refractivity contribution >= 4 is 16.6 Å². The van der Waals surface area contributed by atoms with Gasteiger partial charge >= 0.3 is 0 Å². The molecule has 0 aliphatic carbocycles. The van der Waals surface area contributed by atoms with Crippen LogP contribution < -0.4 is 10.6 Å². The molecule has 168 valence electrons. The summed E-state index contributed by atoms with van der Waals surface area (Å²) in [6.45, 7) is 3.30. The molecule has 0 radical (unpaired) electrons. The second-order valence-electron chi connectivity index (χ2n) is 8.94. The zero-order chi connectivity index (χ0) is 22.5. The van der Waals surface area contributed by atoms with E-state index < -0.39 is 0 Å². The van der Waals surface area contributed by atoms with Gasteiger partial charge in [-0.2, -0.15) is 0 Å². The van der Waals surface area contributed by atoms with Crippen LogP contribution in [0.15, 0.2) is 78.9 Å².